The Kier molecular flexibility index (Phi) is 6.57. The predicted octanol–water partition coefficient (Wildman–Crippen LogP) is 10.8. The zero-order chi connectivity index (χ0) is 33.4. The number of hydrogen-bond acceptors (Lipinski definition) is 6. The van der Waals surface area contributed by atoms with Crippen molar-refractivity contribution in [1.82, 2.24) is 9.97 Å². The summed E-state index contributed by atoms with van der Waals surface area (Å²) in [6.45, 7) is 4.84. The van der Waals surface area contributed by atoms with Crippen LogP contribution in [0.3, 0.4) is 0 Å². The molecule has 0 amide bonds. The lowest BCUT2D eigenvalue weighted by molar-refractivity contribution is 0.134. The molecule has 0 N–H and O–H groups in total. The maximum Gasteiger partial charge on any atom is 0.158 e. The predicted molar refractivity (Wildman–Crippen MR) is 203 cm³/mol. The second kappa shape index (κ2) is 11.2. The lowest BCUT2D eigenvalue weighted by Gasteiger charge is -2.55. The minimum atomic E-state index is -0.0887. The first kappa shape index (κ1) is 29.3. The van der Waals surface area contributed by atoms with Gasteiger partial charge in [0.2, 0.25) is 0 Å². The number of anilines is 8. The lowest BCUT2D eigenvalue weighted by atomic mass is 9.60. The molecule has 246 valence electrons. The first-order valence-electron chi connectivity index (χ1n) is 18.1. The number of rotatable bonds is 6. The van der Waals surface area contributed by atoms with E-state index in [4.69, 9.17) is 9.97 Å². The van der Waals surface area contributed by atoms with E-state index >= 15 is 0 Å². The average molecular weight is 653 g/mol. The van der Waals surface area contributed by atoms with Crippen LogP contribution in [0, 0.1) is 5.41 Å². The van der Waals surface area contributed by atoms with Crippen LogP contribution in [0.25, 0.3) is 0 Å². The zero-order valence-corrected chi connectivity index (χ0v) is 28.5. The summed E-state index contributed by atoms with van der Waals surface area (Å²) in [5.41, 5.74) is 10.1. The van der Waals surface area contributed by atoms with Crippen LogP contribution in [0.5, 0.6) is 0 Å². The quantitative estimate of drug-likeness (QED) is 0.178. The topological polar surface area (TPSA) is 38.7 Å². The second-order valence-corrected chi connectivity index (χ2v) is 14.1. The van der Waals surface area contributed by atoms with Crippen LogP contribution in [0.2, 0.25) is 0 Å². The summed E-state index contributed by atoms with van der Waals surface area (Å²) >= 11 is 0. The van der Waals surface area contributed by atoms with E-state index in [0.29, 0.717) is 0 Å². The van der Waals surface area contributed by atoms with E-state index in [1.807, 2.05) is 12.4 Å². The SMILES string of the molecule is CCC1(CC)C(CC2c3ccccc3N3c4ncccc4N(c4ccccc4)C23)c2ccccc2N2c3cccnc3N(c3ccccc3)C21. The Hall–Kier alpha value is -5.62. The summed E-state index contributed by atoms with van der Waals surface area (Å²) in [7, 11) is 0. The molecular weight excluding hydrogens is 613 g/mol. The van der Waals surface area contributed by atoms with Gasteiger partial charge in [0.05, 0.1) is 11.4 Å². The van der Waals surface area contributed by atoms with Gasteiger partial charge in [-0.15, -0.1) is 0 Å². The van der Waals surface area contributed by atoms with Gasteiger partial charge in [0.1, 0.15) is 12.3 Å². The van der Waals surface area contributed by atoms with Crippen molar-refractivity contribution in [2.75, 3.05) is 19.6 Å². The van der Waals surface area contributed by atoms with Crippen molar-refractivity contribution in [3.05, 3.63) is 157 Å². The highest BCUT2D eigenvalue weighted by molar-refractivity contribution is 5.91. The van der Waals surface area contributed by atoms with Gasteiger partial charge in [0.15, 0.2) is 11.6 Å². The summed E-state index contributed by atoms with van der Waals surface area (Å²) in [6, 6.07) is 48.8. The number of nitrogens with zero attached hydrogens (tertiary/aromatic N) is 6. The number of pyridine rings is 2. The number of fused-ring (bicyclic) bond motifs is 10. The number of benzene rings is 4. The Morgan fingerprint density at radius 2 is 1.00 bits per heavy atom. The van der Waals surface area contributed by atoms with Crippen molar-refractivity contribution in [2.24, 2.45) is 5.41 Å². The van der Waals surface area contributed by atoms with E-state index < -0.39 is 0 Å². The van der Waals surface area contributed by atoms with Gasteiger partial charge in [-0.25, -0.2) is 9.97 Å². The molecule has 6 heterocycles. The highest BCUT2D eigenvalue weighted by Crippen LogP contribution is 2.66. The van der Waals surface area contributed by atoms with E-state index in [2.05, 4.69) is 167 Å². The number of hydrogen-bond donors (Lipinski definition) is 0. The van der Waals surface area contributed by atoms with Crippen LogP contribution in [0.1, 0.15) is 56.1 Å². The van der Waals surface area contributed by atoms with Crippen LogP contribution in [0.4, 0.5) is 45.8 Å². The minimum Gasteiger partial charge on any atom is -0.316 e. The average Bonchev–Trinajstić information content (AvgIpc) is 3.82. The van der Waals surface area contributed by atoms with E-state index in [1.165, 1.54) is 45.3 Å². The molecule has 0 fully saturated rings. The van der Waals surface area contributed by atoms with Crippen molar-refractivity contribution in [1.29, 1.82) is 0 Å². The normalized spacial score (nSPS) is 22.0. The van der Waals surface area contributed by atoms with E-state index in [-0.39, 0.29) is 29.6 Å². The first-order chi connectivity index (χ1) is 24.7. The molecule has 4 unspecified atom stereocenters. The smallest absolute Gasteiger partial charge is 0.158 e. The number of aromatic nitrogens is 2. The zero-order valence-electron chi connectivity index (χ0n) is 28.5. The minimum absolute atomic E-state index is 0.0731. The number of para-hydroxylation sites is 4. The molecule has 4 aliphatic heterocycles. The van der Waals surface area contributed by atoms with Crippen molar-refractivity contribution < 1.29 is 0 Å². The first-order valence-corrected chi connectivity index (χ1v) is 18.1. The molecule has 4 atom stereocenters. The van der Waals surface area contributed by atoms with Crippen molar-refractivity contribution in [3.63, 3.8) is 0 Å². The second-order valence-electron chi connectivity index (χ2n) is 14.1. The molecule has 6 heteroatoms. The molecule has 10 rings (SSSR count). The monoisotopic (exact) mass is 652 g/mol. The molecule has 0 saturated heterocycles. The van der Waals surface area contributed by atoms with Gasteiger partial charge in [0, 0.05) is 46.5 Å². The van der Waals surface area contributed by atoms with Gasteiger partial charge in [-0.3, -0.25) is 0 Å². The maximum atomic E-state index is 5.08. The molecule has 0 bridgehead atoms. The fourth-order valence-corrected chi connectivity index (χ4v) is 10.0. The molecular formula is C44H40N6. The standard InChI is InChI=1S/C44H40N6/c1-3-44(4-2)35(33-22-12-14-24-37(33)49-39-26-16-27-45-40(39)48(43(44)49)31-19-9-6-10-20-31)29-34-32-21-11-13-23-36(32)50-41-38(25-15-28-46-41)47(42(34)50)30-17-7-5-8-18-30/h5-28,34-35,42-43H,3-4,29H2,1-2H3. The molecule has 0 aliphatic carbocycles. The molecule has 50 heavy (non-hydrogen) atoms. The Morgan fingerprint density at radius 3 is 1.64 bits per heavy atom. The van der Waals surface area contributed by atoms with E-state index in [1.54, 1.807) is 0 Å². The molecule has 0 spiro atoms. The van der Waals surface area contributed by atoms with Crippen molar-refractivity contribution in [3.8, 4) is 0 Å². The van der Waals surface area contributed by atoms with Crippen LogP contribution in [0.15, 0.2) is 146 Å². The maximum absolute atomic E-state index is 5.08. The van der Waals surface area contributed by atoms with Gasteiger partial charge in [-0.2, -0.15) is 0 Å². The molecule has 2 aromatic heterocycles. The fraction of sp³-hybridized carbons (Fsp3) is 0.227. The summed E-state index contributed by atoms with van der Waals surface area (Å²) in [4.78, 5) is 20.4. The Morgan fingerprint density at radius 1 is 0.500 bits per heavy atom. The van der Waals surface area contributed by atoms with Crippen molar-refractivity contribution in [2.45, 2.75) is 57.3 Å². The lowest BCUT2D eigenvalue weighted by Crippen LogP contribution is -2.57. The molecule has 6 aromatic rings. The van der Waals surface area contributed by atoms with Crippen LogP contribution in [-0.4, -0.2) is 22.3 Å². The third kappa shape index (κ3) is 3.90. The summed E-state index contributed by atoms with van der Waals surface area (Å²) in [5.74, 6) is 2.59. The van der Waals surface area contributed by atoms with E-state index in [9.17, 15) is 0 Å². The van der Waals surface area contributed by atoms with Gasteiger partial charge < -0.3 is 19.6 Å². The fourth-order valence-electron chi connectivity index (χ4n) is 10.0. The van der Waals surface area contributed by atoms with Crippen LogP contribution in [-0.2, 0) is 0 Å². The Balaban J connectivity index is 1.18. The molecule has 0 saturated carbocycles. The van der Waals surface area contributed by atoms with E-state index in [0.717, 1.165) is 30.9 Å². The Bertz CT molecular complexity index is 2180. The highest BCUT2D eigenvalue weighted by atomic mass is 15.5. The summed E-state index contributed by atoms with van der Waals surface area (Å²) in [6.07, 6.45) is 7.11. The van der Waals surface area contributed by atoms with Gasteiger partial charge in [0.25, 0.3) is 0 Å². The molecule has 4 aliphatic rings. The molecule has 4 aromatic carbocycles. The van der Waals surface area contributed by atoms with Gasteiger partial charge in [-0.05, 0) is 97.0 Å². The summed E-state index contributed by atoms with van der Waals surface area (Å²) in [5, 5.41) is 0. The largest absolute Gasteiger partial charge is 0.316 e. The van der Waals surface area contributed by atoms with Crippen molar-refractivity contribution >= 4 is 45.8 Å². The Labute approximate surface area is 294 Å². The molecule has 6 nitrogen and oxygen atoms in total. The van der Waals surface area contributed by atoms with Gasteiger partial charge >= 0.3 is 0 Å². The summed E-state index contributed by atoms with van der Waals surface area (Å²) < 4.78 is 0. The third-order valence-corrected chi connectivity index (χ3v) is 12.1. The molecule has 0 radical (unpaired) electrons. The van der Waals surface area contributed by atoms with Crippen LogP contribution < -0.4 is 19.6 Å². The van der Waals surface area contributed by atoms with Gasteiger partial charge in [-0.1, -0.05) is 86.6 Å². The van der Waals surface area contributed by atoms with Crippen LogP contribution >= 0.6 is 0 Å². The third-order valence-electron chi connectivity index (χ3n) is 12.1. The highest BCUT2D eigenvalue weighted by Gasteiger charge is 2.59.